The molecule has 0 spiro atoms. The van der Waals surface area contributed by atoms with Gasteiger partial charge in [-0.15, -0.1) is 0 Å². The molecule has 2 aliphatic rings. The van der Waals surface area contributed by atoms with E-state index >= 15 is 0 Å². The minimum atomic E-state index is -0.296. The third-order valence-corrected chi connectivity index (χ3v) is 6.29. The summed E-state index contributed by atoms with van der Waals surface area (Å²) in [5.41, 5.74) is 3.66. The molecule has 3 aromatic rings. The summed E-state index contributed by atoms with van der Waals surface area (Å²) in [5, 5.41) is 21.4. The molecule has 28 heavy (non-hydrogen) atoms. The minimum Gasteiger partial charge on any atom is -0.507 e. The van der Waals surface area contributed by atoms with E-state index in [1.165, 1.54) is 0 Å². The van der Waals surface area contributed by atoms with Crippen LogP contribution in [-0.2, 0) is 0 Å². The molecule has 0 saturated heterocycles. The second-order valence-corrected chi connectivity index (χ2v) is 8.43. The summed E-state index contributed by atoms with van der Waals surface area (Å²) in [6.45, 7) is 0. The topological polar surface area (TPSA) is 54.3 Å². The predicted molar refractivity (Wildman–Crippen MR) is 112 cm³/mol. The number of fused-ring (bicyclic) bond motifs is 3. The monoisotopic (exact) mass is 456 g/mol. The standard InChI is InChI=1S/C21H17BrN2O3S/c1-26-14-3-4-19(25)15(9-14)17-10-18-16-8-13(22)2-5-20(16)27-21(24(18)23-17)12-6-7-28-11-12/h2-9,11,18,21,25H,10H2,1H3/t18-,21+/m0/s1. The van der Waals surface area contributed by atoms with Gasteiger partial charge in [0.25, 0.3) is 0 Å². The summed E-state index contributed by atoms with van der Waals surface area (Å²) in [6, 6.07) is 13.4. The van der Waals surface area contributed by atoms with E-state index < -0.39 is 0 Å². The summed E-state index contributed by atoms with van der Waals surface area (Å²) in [5.74, 6) is 1.75. The lowest BCUT2D eigenvalue weighted by Crippen LogP contribution is -2.33. The molecule has 0 bridgehead atoms. The van der Waals surface area contributed by atoms with Crippen LogP contribution in [0, 0.1) is 0 Å². The maximum atomic E-state index is 10.4. The first-order valence-electron chi connectivity index (χ1n) is 8.85. The predicted octanol–water partition coefficient (Wildman–Crippen LogP) is 5.47. The van der Waals surface area contributed by atoms with Crippen LogP contribution in [-0.4, -0.2) is 22.9 Å². The Morgan fingerprint density at radius 1 is 1.25 bits per heavy atom. The Morgan fingerprint density at radius 2 is 2.14 bits per heavy atom. The number of aromatic hydroxyl groups is 1. The van der Waals surface area contributed by atoms with E-state index in [4.69, 9.17) is 14.6 Å². The van der Waals surface area contributed by atoms with Gasteiger partial charge in [-0.25, -0.2) is 5.01 Å². The van der Waals surface area contributed by atoms with E-state index in [0.717, 1.165) is 27.1 Å². The minimum absolute atomic E-state index is 0.0340. The molecule has 1 aromatic heterocycles. The number of methoxy groups -OCH3 is 1. The summed E-state index contributed by atoms with van der Waals surface area (Å²) in [6.07, 6.45) is 0.379. The van der Waals surface area contributed by atoms with Crippen molar-refractivity contribution in [3.05, 3.63) is 74.4 Å². The molecule has 0 unspecified atom stereocenters. The number of hydrogen-bond donors (Lipinski definition) is 1. The highest BCUT2D eigenvalue weighted by molar-refractivity contribution is 9.10. The normalized spacial score (nSPS) is 20.2. The Labute approximate surface area is 175 Å². The van der Waals surface area contributed by atoms with Gasteiger partial charge in [0, 0.05) is 27.6 Å². The van der Waals surface area contributed by atoms with Gasteiger partial charge in [-0.3, -0.25) is 0 Å². The SMILES string of the molecule is COc1ccc(O)c(C2=NN3[C@@H](c4ccsc4)Oc4ccc(Br)cc4[C@@H]3C2)c1. The van der Waals surface area contributed by atoms with Crippen LogP contribution in [0.5, 0.6) is 17.2 Å². The number of phenolic OH excluding ortho intramolecular Hbond substituents is 1. The van der Waals surface area contributed by atoms with Crippen molar-refractivity contribution in [1.82, 2.24) is 5.01 Å². The molecule has 5 nitrogen and oxygen atoms in total. The van der Waals surface area contributed by atoms with E-state index in [1.807, 2.05) is 28.6 Å². The van der Waals surface area contributed by atoms with Crippen molar-refractivity contribution in [1.29, 1.82) is 0 Å². The van der Waals surface area contributed by atoms with Crippen LogP contribution < -0.4 is 9.47 Å². The molecule has 3 heterocycles. The Bertz CT molecular complexity index is 1070. The maximum Gasteiger partial charge on any atom is 0.214 e. The molecule has 1 N–H and O–H groups in total. The zero-order valence-electron chi connectivity index (χ0n) is 15.0. The molecule has 0 radical (unpaired) electrons. The Morgan fingerprint density at radius 3 is 2.93 bits per heavy atom. The van der Waals surface area contributed by atoms with Gasteiger partial charge in [0.1, 0.15) is 17.2 Å². The summed E-state index contributed by atoms with van der Waals surface area (Å²) in [7, 11) is 1.62. The van der Waals surface area contributed by atoms with Gasteiger partial charge in [0.15, 0.2) is 0 Å². The highest BCUT2D eigenvalue weighted by Crippen LogP contribution is 2.49. The molecule has 0 amide bonds. The molecule has 2 atom stereocenters. The highest BCUT2D eigenvalue weighted by Gasteiger charge is 2.41. The molecular formula is C21H17BrN2O3S. The van der Waals surface area contributed by atoms with E-state index in [2.05, 4.69) is 33.4 Å². The third kappa shape index (κ3) is 2.86. The number of ether oxygens (including phenoxy) is 2. The summed E-state index contributed by atoms with van der Waals surface area (Å²) >= 11 is 5.20. The number of phenols is 1. The number of hydrazone groups is 1. The second-order valence-electron chi connectivity index (χ2n) is 6.74. The lowest BCUT2D eigenvalue weighted by Gasteiger charge is -2.37. The van der Waals surface area contributed by atoms with E-state index in [0.29, 0.717) is 17.7 Å². The fourth-order valence-electron chi connectivity index (χ4n) is 3.73. The fraction of sp³-hybridized carbons (Fsp3) is 0.190. The maximum absolute atomic E-state index is 10.4. The average molecular weight is 457 g/mol. The van der Waals surface area contributed by atoms with Crippen LogP contribution in [0.1, 0.15) is 35.4 Å². The molecule has 142 valence electrons. The number of rotatable bonds is 3. The van der Waals surface area contributed by atoms with Gasteiger partial charge in [0.05, 0.1) is 18.9 Å². The van der Waals surface area contributed by atoms with Crippen LogP contribution in [0.4, 0.5) is 0 Å². The highest BCUT2D eigenvalue weighted by atomic mass is 79.9. The molecule has 0 aliphatic carbocycles. The molecule has 2 aliphatic heterocycles. The van der Waals surface area contributed by atoms with Crippen molar-refractivity contribution in [3.63, 3.8) is 0 Å². The van der Waals surface area contributed by atoms with Gasteiger partial charge in [0.2, 0.25) is 6.23 Å². The van der Waals surface area contributed by atoms with Crippen molar-refractivity contribution in [3.8, 4) is 17.2 Å². The number of hydrogen-bond acceptors (Lipinski definition) is 6. The van der Waals surface area contributed by atoms with Crippen LogP contribution in [0.15, 0.2) is 62.8 Å². The molecular weight excluding hydrogens is 440 g/mol. The second kappa shape index (κ2) is 6.83. The first kappa shape index (κ1) is 17.6. The van der Waals surface area contributed by atoms with Crippen molar-refractivity contribution in [2.75, 3.05) is 7.11 Å². The first-order valence-corrected chi connectivity index (χ1v) is 10.6. The zero-order valence-corrected chi connectivity index (χ0v) is 17.4. The van der Waals surface area contributed by atoms with Gasteiger partial charge in [-0.2, -0.15) is 16.4 Å². The van der Waals surface area contributed by atoms with E-state index in [-0.39, 0.29) is 18.0 Å². The quantitative estimate of drug-likeness (QED) is 0.567. The molecule has 7 heteroatoms. The number of nitrogens with zero attached hydrogens (tertiary/aromatic N) is 2. The van der Waals surface area contributed by atoms with Crippen LogP contribution in [0.2, 0.25) is 0 Å². The summed E-state index contributed by atoms with van der Waals surface area (Å²) in [4.78, 5) is 0. The third-order valence-electron chi connectivity index (χ3n) is 5.09. The number of halogens is 1. The lowest BCUT2D eigenvalue weighted by atomic mass is 9.95. The van der Waals surface area contributed by atoms with Crippen LogP contribution >= 0.6 is 27.3 Å². The van der Waals surface area contributed by atoms with Gasteiger partial charge < -0.3 is 14.6 Å². The first-order chi connectivity index (χ1) is 13.6. The summed E-state index contributed by atoms with van der Waals surface area (Å²) < 4.78 is 12.7. The average Bonchev–Trinajstić information content (AvgIpc) is 3.38. The van der Waals surface area contributed by atoms with Gasteiger partial charge in [-0.05, 0) is 53.2 Å². The van der Waals surface area contributed by atoms with Crippen molar-refractivity contribution < 1.29 is 14.6 Å². The Kier molecular flexibility index (Phi) is 4.29. The van der Waals surface area contributed by atoms with Crippen molar-refractivity contribution in [2.24, 2.45) is 5.10 Å². The number of benzene rings is 2. The molecule has 5 rings (SSSR count). The lowest BCUT2D eigenvalue weighted by molar-refractivity contribution is -0.0188. The largest absolute Gasteiger partial charge is 0.507 e. The van der Waals surface area contributed by atoms with Gasteiger partial charge >= 0.3 is 0 Å². The Hall–Kier alpha value is -2.51. The molecule has 2 aromatic carbocycles. The van der Waals surface area contributed by atoms with E-state index in [1.54, 1.807) is 30.6 Å². The van der Waals surface area contributed by atoms with E-state index in [9.17, 15) is 5.11 Å². The van der Waals surface area contributed by atoms with Crippen LogP contribution in [0.25, 0.3) is 0 Å². The smallest absolute Gasteiger partial charge is 0.214 e. The zero-order chi connectivity index (χ0) is 19.3. The fourth-order valence-corrected chi connectivity index (χ4v) is 4.77. The van der Waals surface area contributed by atoms with Crippen LogP contribution in [0.3, 0.4) is 0 Å². The van der Waals surface area contributed by atoms with Crippen molar-refractivity contribution >= 4 is 33.0 Å². The molecule has 0 fully saturated rings. The van der Waals surface area contributed by atoms with Gasteiger partial charge in [-0.1, -0.05) is 15.9 Å². The van der Waals surface area contributed by atoms with Crippen molar-refractivity contribution in [2.45, 2.75) is 18.7 Å². The number of thiophene rings is 1. The molecule has 0 saturated carbocycles. The Balaban J connectivity index is 1.61.